The molecule has 1 unspecified atom stereocenters. The largest absolute Gasteiger partial charge is 0.399 e. The summed E-state index contributed by atoms with van der Waals surface area (Å²) in [4.78, 5) is 19.6. The molecular formula is C15H17N5O. The number of hydrogen-bond donors (Lipinski definition) is 3. The van der Waals surface area contributed by atoms with Gasteiger partial charge in [-0.1, -0.05) is 6.07 Å². The molecule has 6 nitrogen and oxygen atoms in total. The highest BCUT2D eigenvalue weighted by Gasteiger charge is 2.22. The molecule has 1 aromatic carbocycles. The first-order valence-electron chi connectivity index (χ1n) is 6.91. The molecule has 0 saturated heterocycles. The maximum absolute atomic E-state index is 11.4. The van der Waals surface area contributed by atoms with E-state index in [1.54, 1.807) is 6.20 Å². The second kappa shape index (κ2) is 5.40. The van der Waals surface area contributed by atoms with Gasteiger partial charge < -0.3 is 16.8 Å². The van der Waals surface area contributed by atoms with E-state index in [0.29, 0.717) is 5.82 Å². The maximum atomic E-state index is 11.4. The van der Waals surface area contributed by atoms with Gasteiger partial charge in [0.05, 0.1) is 6.04 Å². The Labute approximate surface area is 122 Å². The minimum Gasteiger partial charge on any atom is -0.399 e. The van der Waals surface area contributed by atoms with Crippen molar-refractivity contribution in [2.75, 3.05) is 11.1 Å². The molecule has 1 aliphatic rings. The van der Waals surface area contributed by atoms with E-state index in [1.165, 1.54) is 17.3 Å². The third kappa shape index (κ3) is 2.65. The lowest BCUT2D eigenvalue weighted by molar-refractivity contribution is 0.0996. The number of hydrogen-bond acceptors (Lipinski definition) is 5. The predicted molar refractivity (Wildman–Crippen MR) is 80.7 cm³/mol. The number of nitrogens with one attached hydrogen (secondary N) is 1. The smallest absolute Gasteiger partial charge is 0.271 e. The van der Waals surface area contributed by atoms with E-state index >= 15 is 0 Å². The van der Waals surface area contributed by atoms with Gasteiger partial charge in [0, 0.05) is 18.1 Å². The molecule has 1 amide bonds. The third-order valence-electron chi connectivity index (χ3n) is 3.72. The molecule has 1 heterocycles. The summed E-state index contributed by atoms with van der Waals surface area (Å²) in [5, 5.41) is 3.29. The fourth-order valence-corrected chi connectivity index (χ4v) is 2.77. The van der Waals surface area contributed by atoms with E-state index in [9.17, 15) is 4.79 Å². The van der Waals surface area contributed by atoms with Gasteiger partial charge in [-0.15, -0.1) is 0 Å². The monoisotopic (exact) mass is 283 g/mol. The minimum absolute atomic E-state index is 0.0872. The summed E-state index contributed by atoms with van der Waals surface area (Å²) in [7, 11) is 0. The van der Waals surface area contributed by atoms with Crippen LogP contribution in [0, 0.1) is 0 Å². The second-order valence-electron chi connectivity index (χ2n) is 5.17. The van der Waals surface area contributed by atoms with Gasteiger partial charge in [0.15, 0.2) is 11.5 Å². The molecule has 0 spiro atoms. The number of aryl methyl sites for hydroxylation is 1. The number of nitrogens with zero attached hydrogens (tertiary/aromatic N) is 2. The van der Waals surface area contributed by atoms with Crippen LogP contribution in [0.2, 0.25) is 0 Å². The average molecular weight is 283 g/mol. The number of rotatable bonds is 3. The van der Waals surface area contributed by atoms with Crippen molar-refractivity contribution in [3.05, 3.63) is 47.4 Å². The Balaban J connectivity index is 1.92. The molecule has 5 N–H and O–H groups in total. The summed E-state index contributed by atoms with van der Waals surface area (Å²) >= 11 is 0. The highest BCUT2D eigenvalue weighted by Crippen LogP contribution is 2.33. The van der Waals surface area contributed by atoms with Gasteiger partial charge in [-0.25, -0.2) is 9.97 Å². The highest BCUT2D eigenvalue weighted by molar-refractivity contribution is 5.95. The molecule has 0 saturated carbocycles. The van der Waals surface area contributed by atoms with Gasteiger partial charge in [0.1, 0.15) is 0 Å². The van der Waals surface area contributed by atoms with E-state index in [4.69, 9.17) is 11.5 Å². The fraction of sp³-hybridized carbons (Fsp3) is 0.267. The summed E-state index contributed by atoms with van der Waals surface area (Å²) in [6.45, 7) is 0. The van der Waals surface area contributed by atoms with Crippen LogP contribution >= 0.6 is 0 Å². The van der Waals surface area contributed by atoms with Crippen molar-refractivity contribution in [2.45, 2.75) is 25.3 Å². The van der Waals surface area contributed by atoms with Crippen LogP contribution in [0.5, 0.6) is 0 Å². The number of anilines is 2. The Kier molecular flexibility index (Phi) is 3.43. The Morgan fingerprint density at radius 3 is 2.90 bits per heavy atom. The molecule has 0 bridgehead atoms. The molecule has 108 valence electrons. The van der Waals surface area contributed by atoms with E-state index in [1.807, 2.05) is 18.2 Å². The number of carbonyl (C=O) groups is 1. The first kappa shape index (κ1) is 13.4. The average Bonchev–Trinajstić information content (AvgIpc) is 2.47. The molecule has 2 aromatic rings. The van der Waals surface area contributed by atoms with Crippen LogP contribution in [-0.4, -0.2) is 15.9 Å². The van der Waals surface area contributed by atoms with Crippen molar-refractivity contribution in [1.29, 1.82) is 0 Å². The summed E-state index contributed by atoms with van der Waals surface area (Å²) in [6.07, 6.45) is 6.04. The second-order valence-corrected chi connectivity index (χ2v) is 5.17. The molecule has 1 aromatic heterocycles. The molecule has 1 aliphatic carbocycles. The van der Waals surface area contributed by atoms with E-state index in [2.05, 4.69) is 15.3 Å². The van der Waals surface area contributed by atoms with Crippen molar-refractivity contribution < 1.29 is 4.79 Å². The van der Waals surface area contributed by atoms with Gasteiger partial charge in [-0.05, 0) is 42.5 Å². The lowest BCUT2D eigenvalue weighted by Crippen LogP contribution is -2.22. The molecule has 0 radical (unpaired) electrons. The SMILES string of the molecule is NC(=O)c1nccnc1NC1CCCc2cc(N)ccc21. The lowest BCUT2D eigenvalue weighted by Gasteiger charge is -2.27. The summed E-state index contributed by atoms with van der Waals surface area (Å²) in [6, 6.07) is 6.02. The van der Waals surface area contributed by atoms with Crippen LogP contribution in [0.4, 0.5) is 11.5 Å². The quantitative estimate of drug-likeness (QED) is 0.742. The Morgan fingerprint density at radius 2 is 2.10 bits per heavy atom. The Hall–Kier alpha value is -2.63. The molecule has 6 heteroatoms. The normalized spacial score (nSPS) is 17.0. The Morgan fingerprint density at radius 1 is 1.29 bits per heavy atom. The molecule has 1 atom stereocenters. The molecular weight excluding hydrogens is 266 g/mol. The van der Waals surface area contributed by atoms with Crippen molar-refractivity contribution in [3.8, 4) is 0 Å². The molecule has 0 fully saturated rings. The van der Waals surface area contributed by atoms with Crippen molar-refractivity contribution >= 4 is 17.4 Å². The van der Waals surface area contributed by atoms with Crippen LogP contribution in [0.3, 0.4) is 0 Å². The van der Waals surface area contributed by atoms with Crippen LogP contribution in [0.1, 0.15) is 40.5 Å². The van der Waals surface area contributed by atoms with E-state index in [-0.39, 0.29) is 11.7 Å². The standard InChI is InChI=1S/C15H17N5O/c16-10-4-5-11-9(8-10)2-1-3-12(11)20-15-13(14(17)21)18-6-7-19-15/h4-8,12H,1-3,16H2,(H2,17,21)(H,19,20). The number of fused-ring (bicyclic) bond motifs is 1. The summed E-state index contributed by atoms with van der Waals surface area (Å²) < 4.78 is 0. The van der Waals surface area contributed by atoms with Crippen LogP contribution in [0.15, 0.2) is 30.6 Å². The van der Waals surface area contributed by atoms with Gasteiger partial charge in [-0.2, -0.15) is 0 Å². The van der Waals surface area contributed by atoms with Gasteiger partial charge >= 0.3 is 0 Å². The lowest BCUT2D eigenvalue weighted by atomic mass is 9.87. The number of primary amides is 1. The molecule has 21 heavy (non-hydrogen) atoms. The molecule has 0 aliphatic heterocycles. The zero-order valence-electron chi connectivity index (χ0n) is 11.5. The van der Waals surface area contributed by atoms with Crippen LogP contribution < -0.4 is 16.8 Å². The van der Waals surface area contributed by atoms with E-state index < -0.39 is 5.91 Å². The predicted octanol–water partition coefficient (Wildman–Crippen LogP) is 1.65. The first-order chi connectivity index (χ1) is 10.1. The van der Waals surface area contributed by atoms with Gasteiger partial charge in [-0.3, -0.25) is 4.79 Å². The van der Waals surface area contributed by atoms with E-state index in [0.717, 1.165) is 24.9 Å². The summed E-state index contributed by atoms with van der Waals surface area (Å²) in [5.41, 5.74) is 14.5. The number of nitrogens with two attached hydrogens (primary N) is 2. The number of amides is 1. The number of benzene rings is 1. The Bertz CT molecular complexity index is 686. The van der Waals surface area contributed by atoms with Crippen molar-refractivity contribution in [2.24, 2.45) is 5.73 Å². The van der Waals surface area contributed by atoms with Crippen molar-refractivity contribution in [3.63, 3.8) is 0 Å². The summed E-state index contributed by atoms with van der Waals surface area (Å²) in [5.74, 6) is -0.154. The minimum atomic E-state index is -0.584. The van der Waals surface area contributed by atoms with Gasteiger partial charge in [0.2, 0.25) is 0 Å². The first-order valence-corrected chi connectivity index (χ1v) is 6.91. The van der Waals surface area contributed by atoms with Crippen LogP contribution in [-0.2, 0) is 6.42 Å². The maximum Gasteiger partial charge on any atom is 0.271 e. The zero-order chi connectivity index (χ0) is 14.8. The zero-order valence-corrected chi connectivity index (χ0v) is 11.5. The third-order valence-corrected chi connectivity index (χ3v) is 3.72. The number of nitrogen functional groups attached to an aromatic ring is 1. The fourth-order valence-electron chi connectivity index (χ4n) is 2.77. The van der Waals surface area contributed by atoms with Crippen LogP contribution in [0.25, 0.3) is 0 Å². The van der Waals surface area contributed by atoms with Crippen molar-refractivity contribution in [1.82, 2.24) is 9.97 Å². The highest BCUT2D eigenvalue weighted by atomic mass is 16.1. The number of aromatic nitrogens is 2. The number of carbonyl (C=O) groups excluding carboxylic acids is 1. The van der Waals surface area contributed by atoms with Gasteiger partial charge in [0.25, 0.3) is 5.91 Å². The molecule has 3 rings (SSSR count). The topological polar surface area (TPSA) is 107 Å².